The Morgan fingerprint density at radius 3 is 2.95 bits per heavy atom. The fourth-order valence-electron chi connectivity index (χ4n) is 2.62. The average molecular weight is 330 g/mol. The van der Waals surface area contributed by atoms with E-state index in [0.717, 1.165) is 36.9 Å². The number of ether oxygens (including phenoxy) is 1. The Bertz CT molecular complexity index is 399. The van der Waals surface area contributed by atoms with Crippen molar-refractivity contribution in [3.8, 4) is 0 Å². The summed E-state index contributed by atoms with van der Waals surface area (Å²) in [4.78, 5) is 0. The quantitative estimate of drug-likeness (QED) is 0.868. The molecule has 2 atom stereocenters. The summed E-state index contributed by atoms with van der Waals surface area (Å²) in [5.74, 6) is 0. The molecule has 1 aromatic rings. The van der Waals surface area contributed by atoms with Crippen LogP contribution in [0.25, 0.3) is 0 Å². The van der Waals surface area contributed by atoms with Crippen LogP contribution >= 0.6 is 15.9 Å². The fraction of sp³-hybridized carbons (Fsp3) is 0.786. The molecule has 0 spiro atoms. The molecular weight excluding hydrogens is 306 g/mol. The van der Waals surface area contributed by atoms with Crippen LogP contribution in [0.3, 0.4) is 0 Å². The van der Waals surface area contributed by atoms with Crippen molar-refractivity contribution in [2.75, 3.05) is 13.2 Å². The Balaban J connectivity index is 2.28. The minimum Gasteiger partial charge on any atom is -0.376 e. The average Bonchev–Trinajstić information content (AvgIpc) is 3.01. The summed E-state index contributed by atoms with van der Waals surface area (Å²) in [5, 5.41) is 8.12. The molecule has 1 fully saturated rings. The van der Waals surface area contributed by atoms with Crippen LogP contribution in [0.1, 0.15) is 57.8 Å². The predicted octanol–water partition coefficient (Wildman–Crippen LogP) is 3.45. The highest BCUT2D eigenvalue weighted by Gasteiger charge is 2.31. The molecule has 5 heteroatoms. The summed E-state index contributed by atoms with van der Waals surface area (Å²) in [6.07, 6.45) is 5.55. The number of hydrogen-bond acceptors (Lipinski definition) is 3. The maximum absolute atomic E-state index is 5.90. The lowest BCUT2D eigenvalue weighted by molar-refractivity contribution is 0.0748. The third-order valence-corrected chi connectivity index (χ3v) is 4.13. The monoisotopic (exact) mass is 329 g/mol. The molecule has 1 aliphatic rings. The molecule has 1 aliphatic heterocycles. The highest BCUT2D eigenvalue weighted by atomic mass is 79.9. The van der Waals surface area contributed by atoms with Crippen LogP contribution in [0.5, 0.6) is 0 Å². The van der Waals surface area contributed by atoms with Crippen molar-refractivity contribution < 1.29 is 4.74 Å². The maximum Gasteiger partial charge on any atom is 0.0786 e. The largest absolute Gasteiger partial charge is 0.376 e. The van der Waals surface area contributed by atoms with Crippen LogP contribution in [0.4, 0.5) is 0 Å². The van der Waals surface area contributed by atoms with Crippen molar-refractivity contribution in [1.82, 2.24) is 15.1 Å². The zero-order valence-corrected chi connectivity index (χ0v) is 13.6. The molecule has 2 heterocycles. The zero-order valence-electron chi connectivity index (χ0n) is 12.0. The SMILES string of the molecule is CCCNC(c1c(Br)cnn1C(C)C)C1CCCO1. The molecule has 0 aliphatic carbocycles. The second kappa shape index (κ2) is 6.86. The van der Waals surface area contributed by atoms with E-state index in [2.05, 4.69) is 51.8 Å². The third kappa shape index (κ3) is 3.38. The van der Waals surface area contributed by atoms with Gasteiger partial charge < -0.3 is 10.1 Å². The number of aromatic nitrogens is 2. The third-order valence-electron chi connectivity index (χ3n) is 3.52. The number of hydrogen-bond donors (Lipinski definition) is 1. The van der Waals surface area contributed by atoms with E-state index in [4.69, 9.17) is 4.74 Å². The highest BCUT2D eigenvalue weighted by Crippen LogP contribution is 2.32. The number of halogens is 1. The smallest absolute Gasteiger partial charge is 0.0786 e. The van der Waals surface area contributed by atoms with Crippen molar-refractivity contribution >= 4 is 15.9 Å². The molecule has 0 bridgehead atoms. The van der Waals surface area contributed by atoms with Gasteiger partial charge in [0.05, 0.1) is 28.5 Å². The van der Waals surface area contributed by atoms with E-state index in [1.165, 1.54) is 5.69 Å². The first-order valence-corrected chi connectivity index (χ1v) is 8.02. The zero-order chi connectivity index (χ0) is 13.8. The van der Waals surface area contributed by atoms with E-state index in [1.807, 2.05) is 6.20 Å². The van der Waals surface area contributed by atoms with Gasteiger partial charge in [0.15, 0.2) is 0 Å². The molecule has 0 radical (unpaired) electrons. The van der Waals surface area contributed by atoms with Gasteiger partial charge >= 0.3 is 0 Å². The number of rotatable bonds is 6. The summed E-state index contributed by atoms with van der Waals surface area (Å²) >= 11 is 3.65. The summed E-state index contributed by atoms with van der Waals surface area (Å²) < 4.78 is 9.07. The second-order valence-corrected chi connectivity index (χ2v) is 6.25. The van der Waals surface area contributed by atoms with Crippen LogP contribution in [0, 0.1) is 0 Å². The van der Waals surface area contributed by atoms with Crippen molar-refractivity contribution in [2.45, 2.75) is 58.2 Å². The molecule has 4 nitrogen and oxygen atoms in total. The van der Waals surface area contributed by atoms with Crippen molar-refractivity contribution in [3.05, 3.63) is 16.4 Å². The van der Waals surface area contributed by atoms with Crippen LogP contribution < -0.4 is 5.32 Å². The van der Waals surface area contributed by atoms with Gasteiger partial charge in [-0.25, -0.2) is 0 Å². The van der Waals surface area contributed by atoms with Crippen LogP contribution in [-0.2, 0) is 4.74 Å². The molecule has 2 unspecified atom stereocenters. The van der Waals surface area contributed by atoms with Crippen molar-refractivity contribution in [3.63, 3.8) is 0 Å². The summed E-state index contributed by atoms with van der Waals surface area (Å²) in [6.45, 7) is 8.39. The Hall–Kier alpha value is -0.390. The lowest BCUT2D eigenvalue weighted by atomic mass is 10.0. The normalized spacial score (nSPS) is 21.2. The molecule has 108 valence electrons. The van der Waals surface area contributed by atoms with Crippen molar-refractivity contribution in [2.24, 2.45) is 0 Å². The Morgan fingerprint density at radius 1 is 1.58 bits per heavy atom. The van der Waals surface area contributed by atoms with Gasteiger partial charge in [0.2, 0.25) is 0 Å². The first kappa shape index (κ1) is 15.0. The molecule has 2 rings (SSSR count). The predicted molar refractivity (Wildman–Crippen MR) is 80.3 cm³/mol. The molecule has 1 saturated heterocycles. The first-order chi connectivity index (χ1) is 9.15. The van der Waals surface area contributed by atoms with Gasteiger partial charge in [-0.05, 0) is 55.6 Å². The van der Waals surface area contributed by atoms with E-state index in [-0.39, 0.29) is 12.1 Å². The van der Waals surface area contributed by atoms with Gasteiger partial charge in [0.1, 0.15) is 0 Å². The minimum atomic E-state index is 0.224. The molecular formula is C14H24BrN3O. The summed E-state index contributed by atoms with van der Waals surface area (Å²) in [6, 6.07) is 0.579. The maximum atomic E-state index is 5.90. The van der Waals surface area contributed by atoms with Gasteiger partial charge in [0.25, 0.3) is 0 Å². The van der Waals surface area contributed by atoms with E-state index in [0.29, 0.717) is 6.04 Å². The van der Waals surface area contributed by atoms with E-state index < -0.39 is 0 Å². The van der Waals surface area contributed by atoms with Gasteiger partial charge in [-0.1, -0.05) is 6.92 Å². The van der Waals surface area contributed by atoms with E-state index in [1.54, 1.807) is 0 Å². The molecule has 0 amide bonds. The van der Waals surface area contributed by atoms with Gasteiger partial charge in [-0.3, -0.25) is 4.68 Å². The van der Waals surface area contributed by atoms with Crippen LogP contribution in [-0.4, -0.2) is 29.0 Å². The summed E-state index contributed by atoms with van der Waals surface area (Å²) in [7, 11) is 0. The highest BCUT2D eigenvalue weighted by molar-refractivity contribution is 9.10. The van der Waals surface area contributed by atoms with Crippen LogP contribution in [0.15, 0.2) is 10.7 Å². The topological polar surface area (TPSA) is 39.1 Å². The van der Waals surface area contributed by atoms with Crippen molar-refractivity contribution in [1.29, 1.82) is 0 Å². The Labute approximate surface area is 124 Å². The molecule has 1 aromatic heterocycles. The van der Waals surface area contributed by atoms with Gasteiger partial charge in [-0.15, -0.1) is 0 Å². The lowest BCUT2D eigenvalue weighted by Gasteiger charge is -2.26. The van der Waals surface area contributed by atoms with Crippen LogP contribution in [0.2, 0.25) is 0 Å². The first-order valence-electron chi connectivity index (χ1n) is 7.23. The summed E-state index contributed by atoms with van der Waals surface area (Å²) in [5.41, 5.74) is 1.22. The van der Waals surface area contributed by atoms with E-state index in [9.17, 15) is 0 Å². The number of nitrogens with zero attached hydrogens (tertiary/aromatic N) is 2. The Kier molecular flexibility index (Phi) is 5.42. The standard InChI is InChI=1S/C14H24BrN3O/c1-4-7-16-13(12-6-5-8-19-12)14-11(15)9-17-18(14)10(2)3/h9-10,12-13,16H,4-8H2,1-3H3. The van der Waals surface area contributed by atoms with Gasteiger partial charge in [-0.2, -0.15) is 5.10 Å². The number of nitrogens with one attached hydrogen (secondary N) is 1. The van der Waals surface area contributed by atoms with Gasteiger partial charge in [0, 0.05) is 12.6 Å². The second-order valence-electron chi connectivity index (χ2n) is 5.40. The Morgan fingerprint density at radius 2 is 2.37 bits per heavy atom. The fourth-order valence-corrected chi connectivity index (χ4v) is 3.14. The molecule has 1 N–H and O–H groups in total. The minimum absolute atomic E-state index is 0.224. The van der Waals surface area contributed by atoms with E-state index >= 15 is 0 Å². The lowest BCUT2D eigenvalue weighted by Crippen LogP contribution is -2.34. The molecule has 0 saturated carbocycles. The molecule has 19 heavy (non-hydrogen) atoms. The molecule has 0 aromatic carbocycles.